The molecule has 0 radical (unpaired) electrons. The average molecular weight is 232 g/mol. The summed E-state index contributed by atoms with van der Waals surface area (Å²) in [6.07, 6.45) is 0. The van der Waals surface area contributed by atoms with Gasteiger partial charge >= 0.3 is 5.97 Å². The first-order chi connectivity index (χ1) is 7.77. The highest BCUT2D eigenvalue weighted by atomic mass is 16.5. The number of hydrogen-bond donors (Lipinski definition) is 0. The zero-order valence-electron chi connectivity index (χ0n) is 11.3. The van der Waals surface area contributed by atoms with E-state index in [1.807, 2.05) is 19.1 Å². The number of carbonyl (C=O) groups is 1. The number of ether oxygens (including phenoxy) is 1. The molecular formula is C15H20O2. The summed E-state index contributed by atoms with van der Waals surface area (Å²) < 4.78 is 4.73. The van der Waals surface area contributed by atoms with Gasteiger partial charge in [0.05, 0.1) is 12.7 Å². The minimum atomic E-state index is -0.312. The zero-order chi connectivity index (χ0) is 13.2. The highest BCUT2D eigenvalue weighted by molar-refractivity contribution is 5.91. The predicted molar refractivity (Wildman–Crippen MR) is 71.0 cm³/mol. The van der Waals surface area contributed by atoms with Gasteiger partial charge in [0.1, 0.15) is 0 Å². The smallest absolute Gasteiger partial charge is 0.337 e. The minimum absolute atomic E-state index is 0.0144. The van der Waals surface area contributed by atoms with E-state index in [0.717, 1.165) is 16.7 Å². The molecule has 0 fully saturated rings. The summed E-state index contributed by atoms with van der Waals surface area (Å²) >= 11 is 0. The van der Waals surface area contributed by atoms with Gasteiger partial charge in [-0.15, -0.1) is 0 Å². The van der Waals surface area contributed by atoms with E-state index in [1.54, 1.807) is 6.07 Å². The molecular weight excluding hydrogens is 212 g/mol. The third kappa shape index (κ3) is 2.96. The normalized spacial score (nSPS) is 11.1. The Morgan fingerprint density at radius 1 is 1.29 bits per heavy atom. The fraction of sp³-hybridized carbons (Fsp3) is 0.400. The van der Waals surface area contributed by atoms with Crippen molar-refractivity contribution < 1.29 is 9.53 Å². The second-order valence-electron chi connectivity index (χ2n) is 5.25. The van der Waals surface area contributed by atoms with Crippen LogP contribution in [0.2, 0.25) is 0 Å². The Kier molecular flexibility index (Phi) is 3.76. The highest BCUT2D eigenvalue weighted by Crippen LogP contribution is 2.34. The summed E-state index contributed by atoms with van der Waals surface area (Å²) in [5.41, 5.74) is 3.73. The van der Waals surface area contributed by atoms with Crippen LogP contribution in [0.3, 0.4) is 0 Å². The van der Waals surface area contributed by atoms with E-state index >= 15 is 0 Å². The maximum absolute atomic E-state index is 11.5. The van der Waals surface area contributed by atoms with Crippen LogP contribution in [0.5, 0.6) is 0 Å². The molecule has 2 nitrogen and oxygen atoms in total. The van der Waals surface area contributed by atoms with Gasteiger partial charge in [-0.2, -0.15) is 0 Å². The molecule has 92 valence electrons. The lowest BCUT2D eigenvalue weighted by Crippen LogP contribution is -2.10. The molecule has 0 saturated carbocycles. The van der Waals surface area contributed by atoms with Crippen molar-refractivity contribution in [1.29, 1.82) is 0 Å². The first kappa shape index (κ1) is 13.5. The molecule has 0 aromatic heterocycles. The molecule has 0 amide bonds. The SMILES string of the molecule is C=C(c1cc(C(=O)OC)ccc1C)C(C)(C)C. The van der Waals surface area contributed by atoms with E-state index in [-0.39, 0.29) is 11.4 Å². The van der Waals surface area contributed by atoms with Crippen LogP contribution in [0, 0.1) is 12.3 Å². The number of benzene rings is 1. The van der Waals surface area contributed by atoms with Crippen molar-refractivity contribution >= 4 is 11.5 Å². The number of rotatable bonds is 2. The van der Waals surface area contributed by atoms with Crippen molar-refractivity contribution in [3.8, 4) is 0 Å². The lowest BCUT2D eigenvalue weighted by Gasteiger charge is -2.23. The molecule has 1 rings (SSSR count). The van der Waals surface area contributed by atoms with E-state index in [1.165, 1.54) is 7.11 Å². The topological polar surface area (TPSA) is 26.3 Å². The third-order valence-electron chi connectivity index (χ3n) is 2.89. The Morgan fingerprint density at radius 2 is 1.88 bits per heavy atom. The van der Waals surface area contributed by atoms with Crippen LogP contribution in [0.4, 0.5) is 0 Å². The van der Waals surface area contributed by atoms with Gasteiger partial charge in [0.2, 0.25) is 0 Å². The van der Waals surface area contributed by atoms with Gasteiger partial charge in [-0.25, -0.2) is 4.79 Å². The fourth-order valence-corrected chi connectivity index (χ4v) is 1.60. The van der Waals surface area contributed by atoms with Crippen LogP contribution in [-0.2, 0) is 4.74 Å². The monoisotopic (exact) mass is 232 g/mol. The molecule has 2 heteroatoms. The lowest BCUT2D eigenvalue weighted by molar-refractivity contribution is 0.0600. The molecule has 0 aliphatic rings. The lowest BCUT2D eigenvalue weighted by atomic mass is 9.81. The fourth-order valence-electron chi connectivity index (χ4n) is 1.60. The molecule has 0 N–H and O–H groups in total. The van der Waals surface area contributed by atoms with Gasteiger partial charge in [-0.05, 0) is 41.2 Å². The summed E-state index contributed by atoms with van der Waals surface area (Å²) in [6, 6.07) is 5.56. The highest BCUT2D eigenvalue weighted by Gasteiger charge is 2.19. The summed E-state index contributed by atoms with van der Waals surface area (Å²) in [5.74, 6) is -0.312. The number of hydrogen-bond acceptors (Lipinski definition) is 2. The van der Waals surface area contributed by atoms with Gasteiger partial charge in [0.15, 0.2) is 0 Å². The molecule has 17 heavy (non-hydrogen) atoms. The number of aryl methyl sites for hydroxylation is 1. The zero-order valence-corrected chi connectivity index (χ0v) is 11.3. The van der Waals surface area contributed by atoms with Gasteiger partial charge in [0.25, 0.3) is 0 Å². The molecule has 0 heterocycles. The second kappa shape index (κ2) is 4.74. The maximum atomic E-state index is 11.5. The van der Waals surface area contributed by atoms with E-state index in [2.05, 4.69) is 27.4 Å². The number of methoxy groups -OCH3 is 1. The van der Waals surface area contributed by atoms with Gasteiger partial charge < -0.3 is 4.74 Å². The molecule has 0 saturated heterocycles. The number of esters is 1. The summed E-state index contributed by atoms with van der Waals surface area (Å²) in [5, 5.41) is 0. The van der Waals surface area contributed by atoms with Gasteiger partial charge in [-0.3, -0.25) is 0 Å². The maximum Gasteiger partial charge on any atom is 0.337 e. The average Bonchev–Trinajstić information content (AvgIpc) is 2.26. The van der Waals surface area contributed by atoms with E-state index in [9.17, 15) is 4.79 Å². The van der Waals surface area contributed by atoms with Crippen LogP contribution in [0.25, 0.3) is 5.57 Å². The Morgan fingerprint density at radius 3 is 2.35 bits per heavy atom. The minimum Gasteiger partial charge on any atom is -0.465 e. The Hall–Kier alpha value is -1.57. The third-order valence-corrected chi connectivity index (χ3v) is 2.89. The molecule has 0 atom stereocenters. The Balaban J connectivity index is 3.25. The van der Waals surface area contributed by atoms with Crippen LogP contribution in [0.15, 0.2) is 24.8 Å². The summed E-state index contributed by atoms with van der Waals surface area (Å²) in [4.78, 5) is 11.5. The molecule has 0 unspecified atom stereocenters. The molecule has 0 aliphatic carbocycles. The van der Waals surface area contributed by atoms with Crippen LogP contribution in [0.1, 0.15) is 42.3 Å². The Bertz CT molecular complexity index is 450. The molecule has 1 aromatic rings. The largest absolute Gasteiger partial charge is 0.465 e. The number of carbonyl (C=O) groups excluding carboxylic acids is 1. The first-order valence-electron chi connectivity index (χ1n) is 5.66. The van der Waals surface area contributed by atoms with Crippen LogP contribution < -0.4 is 0 Å². The second-order valence-corrected chi connectivity index (χ2v) is 5.25. The molecule has 0 spiro atoms. The molecule has 0 aliphatic heterocycles. The standard InChI is InChI=1S/C15H20O2/c1-10-7-8-12(14(16)17-6)9-13(10)11(2)15(3,4)5/h7-9H,2H2,1,3-6H3. The van der Waals surface area contributed by atoms with E-state index < -0.39 is 0 Å². The van der Waals surface area contributed by atoms with Crippen molar-refractivity contribution in [2.24, 2.45) is 5.41 Å². The van der Waals surface area contributed by atoms with Gasteiger partial charge in [0, 0.05) is 0 Å². The summed E-state index contributed by atoms with van der Waals surface area (Å²) in [7, 11) is 1.39. The molecule has 0 bridgehead atoms. The van der Waals surface area contributed by atoms with Crippen molar-refractivity contribution in [2.75, 3.05) is 7.11 Å². The first-order valence-corrected chi connectivity index (χ1v) is 5.66. The summed E-state index contributed by atoms with van der Waals surface area (Å²) in [6.45, 7) is 12.5. The predicted octanol–water partition coefficient (Wildman–Crippen LogP) is 3.84. The molecule has 1 aromatic carbocycles. The van der Waals surface area contributed by atoms with E-state index in [0.29, 0.717) is 5.56 Å². The van der Waals surface area contributed by atoms with Crippen LogP contribution in [-0.4, -0.2) is 13.1 Å². The van der Waals surface area contributed by atoms with Crippen molar-refractivity contribution in [3.05, 3.63) is 41.5 Å². The van der Waals surface area contributed by atoms with Crippen molar-refractivity contribution in [2.45, 2.75) is 27.7 Å². The quantitative estimate of drug-likeness (QED) is 0.724. The number of allylic oxidation sites excluding steroid dienone is 1. The van der Waals surface area contributed by atoms with Crippen LogP contribution >= 0.6 is 0 Å². The van der Waals surface area contributed by atoms with Crippen molar-refractivity contribution in [3.63, 3.8) is 0 Å². The van der Waals surface area contributed by atoms with Gasteiger partial charge in [-0.1, -0.05) is 33.4 Å². The Labute approximate surface area is 103 Å². The van der Waals surface area contributed by atoms with E-state index in [4.69, 9.17) is 4.74 Å². The van der Waals surface area contributed by atoms with Crippen molar-refractivity contribution in [1.82, 2.24) is 0 Å².